The molecule has 6 heteroatoms. The van der Waals surface area contributed by atoms with Crippen molar-refractivity contribution in [2.45, 2.75) is 19.8 Å². The second-order valence-corrected chi connectivity index (χ2v) is 4.91. The number of carbonyl (C=O) groups is 1. The van der Waals surface area contributed by atoms with E-state index in [9.17, 15) is 9.18 Å². The first-order valence-electron chi connectivity index (χ1n) is 5.98. The third kappa shape index (κ3) is 2.67. The van der Waals surface area contributed by atoms with Crippen molar-refractivity contribution in [2.24, 2.45) is 0 Å². The molecule has 0 aliphatic carbocycles. The van der Waals surface area contributed by atoms with Crippen LogP contribution in [0.25, 0.3) is 11.5 Å². The fourth-order valence-electron chi connectivity index (χ4n) is 1.72. The Morgan fingerprint density at radius 3 is 2.70 bits per heavy atom. The molecule has 0 aliphatic rings. The van der Waals surface area contributed by atoms with Gasteiger partial charge < -0.3 is 9.15 Å². The first-order valence-corrected chi connectivity index (χ1v) is 6.36. The molecule has 0 unspecified atom stereocenters. The van der Waals surface area contributed by atoms with Gasteiger partial charge in [0.1, 0.15) is 11.6 Å². The molecule has 0 fully saturated rings. The second kappa shape index (κ2) is 5.63. The molecule has 0 atom stereocenters. The largest absolute Gasteiger partial charge is 0.464 e. The van der Waals surface area contributed by atoms with Crippen molar-refractivity contribution in [3.05, 3.63) is 40.5 Å². The van der Waals surface area contributed by atoms with E-state index in [0.717, 1.165) is 0 Å². The zero-order chi connectivity index (χ0) is 14.9. The zero-order valence-corrected chi connectivity index (χ0v) is 12.0. The van der Waals surface area contributed by atoms with Gasteiger partial charge in [0.15, 0.2) is 5.69 Å². The molecule has 1 heterocycles. The monoisotopic (exact) mass is 297 g/mol. The molecule has 4 nitrogen and oxygen atoms in total. The van der Waals surface area contributed by atoms with Crippen molar-refractivity contribution < 1.29 is 18.3 Å². The van der Waals surface area contributed by atoms with Crippen LogP contribution in [0.15, 0.2) is 22.6 Å². The number of hydrogen-bond donors (Lipinski definition) is 0. The van der Waals surface area contributed by atoms with E-state index in [1.54, 1.807) is 0 Å². The van der Waals surface area contributed by atoms with Gasteiger partial charge in [0.05, 0.1) is 12.1 Å². The Morgan fingerprint density at radius 1 is 1.45 bits per heavy atom. The Morgan fingerprint density at radius 2 is 2.15 bits per heavy atom. The van der Waals surface area contributed by atoms with Crippen LogP contribution in [-0.4, -0.2) is 18.1 Å². The highest BCUT2D eigenvalue weighted by Gasteiger charge is 2.23. The molecule has 0 amide bonds. The van der Waals surface area contributed by atoms with Crippen molar-refractivity contribution in [1.29, 1.82) is 0 Å². The van der Waals surface area contributed by atoms with Crippen LogP contribution in [0, 0.1) is 5.82 Å². The molecule has 2 rings (SSSR count). The van der Waals surface area contributed by atoms with Gasteiger partial charge in [-0.15, -0.1) is 0 Å². The Kier molecular flexibility index (Phi) is 4.09. The molecule has 0 saturated carbocycles. The predicted molar refractivity (Wildman–Crippen MR) is 72.3 cm³/mol. The van der Waals surface area contributed by atoms with E-state index in [0.29, 0.717) is 11.3 Å². The summed E-state index contributed by atoms with van der Waals surface area (Å²) in [5, 5.41) is -0.0357. The van der Waals surface area contributed by atoms with Gasteiger partial charge in [-0.1, -0.05) is 25.4 Å². The standard InChI is InChI=1S/C14H13ClFNO3/c1-7(2)12-11(14(18)19-3)17-13(20-12)8-4-5-10(16)9(15)6-8/h4-7H,1-3H3. The molecule has 106 valence electrons. The Hall–Kier alpha value is -1.88. The summed E-state index contributed by atoms with van der Waals surface area (Å²) in [6, 6.07) is 4.10. The highest BCUT2D eigenvalue weighted by atomic mass is 35.5. The number of benzene rings is 1. The summed E-state index contributed by atoms with van der Waals surface area (Å²) < 4.78 is 23.4. The SMILES string of the molecule is COC(=O)c1nc(-c2ccc(F)c(Cl)c2)oc1C(C)C. The molecule has 0 radical (unpaired) electrons. The predicted octanol–water partition coefficient (Wildman–Crippen LogP) is 4.04. The number of aromatic nitrogens is 1. The minimum Gasteiger partial charge on any atom is -0.464 e. The number of rotatable bonds is 3. The fraction of sp³-hybridized carbons (Fsp3) is 0.286. The van der Waals surface area contributed by atoms with E-state index in [1.165, 1.54) is 25.3 Å². The summed E-state index contributed by atoms with van der Waals surface area (Å²) in [5.74, 6) is -0.513. The lowest BCUT2D eigenvalue weighted by molar-refractivity contribution is 0.0591. The third-order valence-corrected chi connectivity index (χ3v) is 3.01. The summed E-state index contributed by atoms with van der Waals surface area (Å²) in [5.41, 5.74) is 0.617. The molecule has 0 bridgehead atoms. The van der Waals surface area contributed by atoms with Crippen LogP contribution in [0.5, 0.6) is 0 Å². The summed E-state index contributed by atoms with van der Waals surface area (Å²) >= 11 is 5.73. The minimum absolute atomic E-state index is 0.0357. The lowest BCUT2D eigenvalue weighted by Gasteiger charge is -2.01. The van der Waals surface area contributed by atoms with E-state index < -0.39 is 11.8 Å². The summed E-state index contributed by atoms with van der Waals surface area (Å²) in [4.78, 5) is 15.8. The quantitative estimate of drug-likeness (QED) is 0.802. The first-order chi connectivity index (χ1) is 9.43. The average Bonchev–Trinajstić information content (AvgIpc) is 2.86. The molecule has 0 spiro atoms. The fourth-order valence-corrected chi connectivity index (χ4v) is 1.90. The van der Waals surface area contributed by atoms with Crippen LogP contribution in [-0.2, 0) is 4.74 Å². The molecule has 0 N–H and O–H groups in total. The van der Waals surface area contributed by atoms with Gasteiger partial charge in [-0.25, -0.2) is 14.2 Å². The van der Waals surface area contributed by atoms with Crippen molar-refractivity contribution in [1.82, 2.24) is 4.98 Å². The van der Waals surface area contributed by atoms with Crippen molar-refractivity contribution in [3.8, 4) is 11.5 Å². The van der Waals surface area contributed by atoms with Crippen molar-refractivity contribution >= 4 is 17.6 Å². The van der Waals surface area contributed by atoms with E-state index in [-0.39, 0.29) is 22.5 Å². The van der Waals surface area contributed by atoms with Crippen molar-refractivity contribution in [3.63, 3.8) is 0 Å². The van der Waals surface area contributed by atoms with E-state index in [1.807, 2.05) is 13.8 Å². The average molecular weight is 298 g/mol. The minimum atomic E-state index is -0.572. The molecule has 0 aliphatic heterocycles. The summed E-state index contributed by atoms with van der Waals surface area (Å²) in [6.07, 6.45) is 0. The molecule has 2 aromatic rings. The molecule has 0 saturated heterocycles. The number of nitrogens with zero attached hydrogens (tertiary/aromatic N) is 1. The number of methoxy groups -OCH3 is 1. The maximum absolute atomic E-state index is 13.2. The molecule has 1 aromatic heterocycles. The first kappa shape index (κ1) is 14.5. The Labute approximate surface area is 120 Å². The smallest absolute Gasteiger partial charge is 0.360 e. The topological polar surface area (TPSA) is 52.3 Å². The number of ether oxygens (including phenoxy) is 1. The van der Waals surface area contributed by atoms with Gasteiger partial charge in [0.25, 0.3) is 0 Å². The van der Waals surface area contributed by atoms with Crippen LogP contribution in [0.4, 0.5) is 4.39 Å². The van der Waals surface area contributed by atoms with Gasteiger partial charge in [-0.05, 0) is 18.2 Å². The maximum Gasteiger partial charge on any atom is 0.360 e. The van der Waals surface area contributed by atoms with Crippen molar-refractivity contribution in [2.75, 3.05) is 7.11 Å². The van der Waals surface area contributed by atoms with Crippen LogP contribution >= 0.6 is 11.6 Å². The lowest BCUT2D eigenvalue weighted by atomic mass is 10.1. The van der Waals surface area contributed by atoms with E-state index >= 15 is 0 Å². The van der Waals surface area contributed by atoms with Crippen LogP contribution in [0.1, 0.15) is 36.0 Å². The molecule has 20 heavy (non-hydrogen) atoms. The van der Waals surface area contributed by atoms with E-state index in [4.69, 9.17) is 16.0 Å². The maximum atomic E-state index is 13.2. The van der Waals surface area contributed by atoms with Crippen LogP contribution < -0.4 is 0 Å². The van der Waals surface area contributed by atoms with Crippen LogP contribution in [0.3, 0.4) is 0 Å². The number of halogens is 2. The number of hydrogen-bond acceptors (Lipinski definition) is 4. The highest BCUT2D eigenvalue weighted by Crippen LogP contribution is 2.29. The van der Waals surface area contributed by atoms with Gasteiger partial charge in [-0.3, -0.25) is 0 Å². The highest BCUT2D eigenvalue weighted by molar-refractivity contribution is 6.31. The zero-order valence-electron chi connectivity index (χ0n) is 11.2. The molecule has 1 aromatic carbocycles. The summed E-state index contributed by atoms with van der Waals surface area (Å²) in [7, 11) is 1.27. The van der Waals surface area contributed by atoms with Gasteiger partial charge >= 0.3 is 5.97 Å². The molecular formula is C14H13ClFNO3. The molecular weight excluding hydrogens is 285 g/mol. The Bertz CT molecular complexity index is 652. The van der Waals surface area contributed by atoms with Gasteiger partial charge in [0.2, 0.25) is 5.89 Å². The number of carbonyl (C=O) groups excluding carboxylic acids is 1. The van der Waals surface area contributed by atoms with Gasteiger partial charge in [-0.2, -0.15) is 0 Å². The third-order valence-electron chi connectivity index (χ3n) is 2.72. The summed E-state index contributed by atoms with van der Waals surface area (Å²) in [6.45, 7) is 3.74. The normalized spacial score (nSPS) is 10.9. The van der Waals surface area contributed by atoms with E-state index in [2.05, 4.69) is 9.72 Å². The lowest BCUT2D eigenvalue weighted by Crippen LogP contribution is -2.05. The number of oxazole rings is 1. The number of esters is 1. The second-order valence-electron chi connectivity index (χ2n) is 4.51. The van der Waals surface area contributed by atoms with Crippen LogP contribution in [0.2, 0.25) is 5.02 Å². The van der Waals surface area contributed by atoms with Gasteiger partial charge in [0, 0.05) is 11.5 Å². The Balaban J connectivity index is 2.52.